The maximum absolute atomic E-state index is 13.9. The Morgan fingerprint density at radius 2 is 1.67 bits per heavy atom. The lowest BCUT2D eigenvalue weighted by molar-refractivity contribution is -0.384. The van der Waals surface area contributed by atoms with Gasteiger partial charge in [0.05, 0.1) is 26.3 Å². The van der Waals surface area contributed by atoms with E-state index in [1.807, 2.05) is 18.2 Å². The van der Waals surface area contributed by atoms with Gasteiger partial charge >= 0.3 is 0 Å². The second-order valence-corrected chi connectivity index (χ2v) is 10.2. The van der Waals surface area contributed by atoms with E-state index in [1.165, 1.54) is 12.1 Å². The predicted octanol–water partition coefficient (Wildman–Crippen LogP) is 5.62. The van der Waals surface area contributed by atoms with Crippen LogP contribution in [-0.4, -0.2) is 37.9 Å². The van der Waals surface area contributed by atoms with Crippen LogP contribution in [0.25, 0.3) is 0 Å². The number of nitrogens with one attached hydrogen (secondary N) is 2. The molecule has 10 nitrogen and oxygen atoms in total. The van der Waals surface area contributed by atoms with Crippen LogP contribution in [0.3, 0.4) is 0 Å². The number of dihydropyridines is 1. The van der Waals surface area contributed by atoms with E-state index in [0.717, 1.165) is 5.56 Å². The highest BCUT2D eigenvalue weighted by Gasteiger charge is 2.41. The quantitative estimate of drug-likeness (QED) is 0.264. The minimum Gasteiger partial charge on any atom is -0.497 e. The summed E-state index contributed by atoms with van der Waals surface area (Å²) in [7, 11) is 4.69. The third-order valence-corrected chi connectivity index (χ3v) is 7.71. The highest BCUT2D eigenvalue weighted by molar-refractivity contribution is 6.10. The van der Waals surface area contributed by atoms with Crippen LogP contribution in [0.5, 0.6) is 17.2 Å². The number of ketones is 1. The molecule has 5 rings (SSSR count). The fourth-order valence-corrected chi connectivity index (χ4v) is 5.71. The van der Waals surface area contributed by atoms with Crippen LogP contribution in [0.15, 0.2) is 89.3 Å². The summed E-state index contributed by atoms with van der Waals surface area (Å²) in [6, 6.07) is 18.6. The fourth-order valence-electron chi connectivity index (χ4n) is 5.71. The number of nitro groups is 1. The number of benzene rings is 3. The van der Waals surface area contributed by atoms with Crippen molar-refractivity contribution in [1.82, 2.24) is 5.32 Å². The third kappa shape index (κ3) is 5.43. The molecule has 0 fully saturated rings. The molecule has 0 spiro atoms. The Labute approximate surface area is 243 Å². The summed E-state index contributed by atoms with van der Waals surface area (Å²) in [5, 5.41) is 17.9. The van der Waals surface area contributed by atoms with E-state index in [-0.39, 0.29) is 23.8 Å². The van der Waals surface area contributed by atoms with E-state index < -0.39 is 16.7 Å². The molecular formula is C32H31N3O7. The lowest BCUT2D eigenvalue weighted by Gasteiger charge is -2.37. The van der Waals surface area contributed by atoms with Gasteiger partial charge in [-0.1, -0.05) is 18.2 Å². The molecular weight excluding hydrogens is 538 g/mol. The van der Waals surface area contributed by atoms with Crippen molar-refractivity contribution in [2.75, 3.05) is 26.6 Å². The molecule has 42 heavy (non-hydrogen) atoms. The Balaban J connectivity index is 1.56. The lowest BCUT2D eigenvalue weighted by Crippen LogP contribution is -2.37. The van der Waals surface area contributed by atoms with Gasteiger partial charge in [0.2, 0.25) is 0 Å². The lowest BCUT2D eigenvalue weighted by atomic mass is 9.71. The fraction of sp³-hybridized carbons (Fsp3) is 0.250. The monoisotopic (exact) mass is 569 g/mol. The Morgan fingerprint density at radius 1 is 0.929 bits per heavy atom. The first-order valence-corrected chi connectivity index (χ1v) is 13.4. The van der Waals surface area contributed by atoms with Crippen molar-refractivity contribution in [2.24, 2.45) is 0 Å². The number of carbonyl (C=O) groups is 2. The molecule has 3 aromatic rings. The van der Waals surface area contributed by atoms with Crippen LogP contribution in [0.1, 0.15) is 42.7 Å². The van der Waals surface area contributed by atoms with E-state index in [9.17, 15) is 19.7 Å². The number of hydrogen-bond donors (Lipinski definition) is 2. The molecule has 0 radical (unpaired) electrons. The average Bonchev–Trinajstić information content (AvgIpc) is 3.00. The van der Waals surface area contributed by atoms with Crippen molar-refractivity contribution in [3.8, 4) is 17.2 Å². The predicted molar refractivity (Wildman–Crippen MR) is 157 cm³/mol. The molecule has 3 aromatic carbocycles. The van der Waals surface area contributed by atoms with Gasteiger partial charge in [0.25, 0.3) is 11.6 Å². The summed E-state index contributed by atoms with van der Waals surface area (Å²) in [4.78, 5) is 38.9. The molecule has 0 aromatic heterocycles. The van der Waals surface area contributed by atoms with Crippen molar-refractivity contribution < 1.29 is 28.7 Å². The van der Waals surface area contributed by atoms with E-state index in [0.29, 0.717) is 57.5 Å². The number of hydrogen-bond acceptors (Lipinski definition) is 8. The molecule has 1 amide bonds. The molecule has 0 bridgehead atoms. The molecule has 0 saturated heterocycles. The molecule has 2 aliphatic rings. The molecule has 1 aliphatic carbocycles. The number of amides is 1. The highest BCUT2D eigenvalue weighted by atomic mass is 16.6. The van der Waals surface area contributed by atoms with E-state index >= 15 is 0 Å². The number of anilines is 1. The van der Waals surface area contributed by atoms with Gasteiger partial charge in [0, 0.05) is 52.7 Å². The molecule has 10 heteroatoms. The first-order valence-electron chi connectivity index (χ1n) is 13.4. The van der Waals surface area contributed by atoms with Gasteiger partial charge in [-0.25, -0.2) is 0 Å². The zero-order valence-electron chi connectivity index (χ0n) is 23.7. The van der Waals surface area contributed by atoms with Crippen molar-refractivity contribution in [1.29, 1.82) is 0 Å². The van der Waals surface area contributed by atoms with Crippen molar-refractivity contribution in [2.45, 2.75) is 31.6 Å². The Kier molecular flexibility index (Phi) is 7.97. The van der Waals surface area contributed by atoms with Gasteiger partial charge in [-0.05, 0) is 66.8 Å². The molecule has 1 heterocycles. The van der Waals surface area contributed by atoms with Crippen molar-refractivity contribution in [3.05, 3.63) is 111 Å². The highest BCUT2D eigenvalue weighted by Crippen LogP contribution is 2.47. The van der Waals surface area contributed by atoms with Crippen LogP contribution in [0, 0.1) is 10.1 Å². The van der Waals surface area contributed by atoms with Crippen LogP contribution in [0.2, 0.25) is 0 Å². The second-order valence-electron chi connectivity index (χ2n) is 10.2. The number of ether oxygens (including phenoxy) is 3. The summed E-state index contributed by atoms with van der Waals surface area (Å²) >= 11 is 0. The smallest absolute Gasteiger partial charge is 0.269 e. The summed E-state index contributed by atoms with van der Waals surface area (Å²) in [5.41, 5.74) is 3.87. The van der Waals surface area contributed by atoms with Crippen molar-refractivity contribution >= 4 is 23.1 Å². The number of carbonyl (C=O) groups excluding carboxylic acids is 2. The van der Waals surface area contributed by atoms with Gasteiger partial charge in [0.1, 0.15) is 5.75 Å². The summed E-state index contributed by atoms with van der Waals surface area (Å²) in [6.45, 7) is 1.78. The number of non-ortho nitro benzene ring substituents is 1. The van der Waals surface area contributed by atoms with Crippen LogP contribution in [0.4, 0.5) is 11.4 Å². The van der Waals surface area contributed by atoms with E-state index in [1.54, 1.807) is 64.7 Å². The molecule has 2 atom stereocenters. The van der Waals surface area contributed by atoms with Gasteiger partial charge in [-0.3, -0.25) is 19.7 Å². The number of allylic oxidation sites excluding steroid dienone is 3. The Hall–Kier alpha value is -5.12. The largest absolute Gasteiger partial charge is 0.497 e. The molecule has 0 unspecified atom stereocenters. The number of nitro benzene ring substituents is 1. The first-order chi connectivity index (χ1) is 20.2. The molecule has 216 valence electrons. The minimum absolute atomic E-state index is 0.118. The third-order valence-electron chi connectivity index (χ3n) is 7.71. The average molecular weight is 570 g/mol. The Bertz CT molecular complexity index is 1630. The standard InChI is InChI=1S/C32H31N3O7/c1-18-29(32(37)34-22-9-11-24(40-2)12-10-22)30(20-6-5-7-23(14-20)35(38)39)31-25(33-18)15-21(16-26(31)36)19-8-13-27(41-3)28(17-19)42-4/h5-14,17,21,30,33H,15-16H2,1-4H3,(H,34,37)/t21-,30-/m1/s1. The van der Waals surface area contributed by atoms with Gasteiger partial charge < -0.3 is 24.8 Å². The number of Topliss-reactive ketones (excluding diaryl/α,β-unsaturated/α-hetero) is 1. The number of methoxy groups -OCH3 is 3. The van der Waals surface area contributed by atoms with Crippen LogP contribution >= 0.6 is 0 Å². The number of rotatable bonds is 8. The minimum atomic E-state index is -0.793. The van der Waals surface area contributed by atoms with Gasteiger partial charge in [-0.2, -0.15) is 0 Å². The zero-order chi connectivity index (χ0) is 30.0. The summed E-state index contributed by atoms with van der Waals surface area (Å²) < 4.78 is 16.0. The van der Waals surface area contributed by atoms with Crippen molar-refractivity contribution in [3.63, 3.8) is 0 Å². The van der Waals surface area contributed by atoms with Crippen LogP contribution in [-0.2, 0) is 9.59 Å². The van der Waals surface area contributed by atoms with Gasteiger partial charge in [0.15, 0.2) is 17.3 Å². The molecule has 1 aliphatic heterocycles. The Morgan fingerprint density at radius 3 is 2.33 bits per heavy atom. The first kappa shape index (κ1) is 28.4. The summed E-state index contributed by atoms with van der Waals surface area (Å²) in [6.07, 6.45) is 0.709. The maximum Gasteiger partial charge on any atom is 0.269 e. The summed E-state index contributed by atoms with van der Waals surface area (Å²) in [5.74, 6) is 0.321. The maximum atomic E-state index is 13.9. The molecule has 2 N–H and O–H groups in total. The van der Waals surface area contributed by atoms with Gasteiger partial charge in [-0.15, -0.1) is 0 Å². The zero-order valence-corrected chi connectivity index (χ0v) is 23.7. The van der Waals surface area contributed by atoms with E-state index in [4.69, 9.17) is 14.2 Å². The second kappa shape index (κ2) is 11.8. The topological polar surface area (TPSA) is 129 Å². The SMILES string of the molecule is COc1ccc(NC(=O)C2=C(C)NC3=C(C(=O)C[C@H](c4ccc(OC)c(OC)c4)C3)[C@@H]2c2cccc([N+](=O)[O-])c2)cc1. The number of nitrogens with zero attached hydrogens (tertiary/aromatic N) is 1. The van der Waals surface area contributed by atoms with E-state index in [2.05, 4.69) is 10.6 Å². The van der Waals surface area contributed by atoms with Crippen LogP contribution < -0.4 is 24.8 Å². The normalized spacial score (nSPS) is 18.1. The molecule has 0 saturated carbocycles.